The highest BCUT2D eigenvalue weighted by atomic mass is 19.1. The first kappa shape index (κ1) is 9.62. The lowest BCUT2D eigenvalue weighted by atomic mass is 10.2. The van der Waals surface area contributed by atoms with Gasteiger partial charge in [0.15, 0.2) is 0 Å². The molecule has 1 amide bonds. The van der Waals surface area contributed by atoms with Crippen LogP contribution in [0.4, 0.5) is 4.39 Å². The first-order valence-electron chi connectivity index (χ1n) is 3.08. The monoisotopic (exact) mass is 155 g/mol. The largest absolute Gasteiger partial charge is 0.372 e. The predicted octanol–water partition coefficient (Wildman–Crippen LogP) is 1.24. The van der Waals surface area contributed by atoms with Crippen LogP contribution in [0.1, 0.15) is 5.56 Å². The minimum absolute atomic E-state index is 0.171. The van der Waals surface area contributed by atoms with Crippen LogP contribution >= 0.6 is 0 Å². The highest BCUT2D eigenvalue weighted by Crippen LogP contribution is 1.98. The van der Waals surface area contributed by atoms with Crippen LogP contribution in [0.5, 0.6) is 0 Å². The molecule has 11 heavy (non-hydrogen) atoms. The number of nitrogens with two attached hydrogens (primary N) is 1. The number of benzene rings is 1. The molecule has 0 aromatic heterocycles. The van der Waals surface area contributed by atoms with E-state index in [0.29, 0.717) is 0 Å². The third-order valence-electron chi connectivity index (χ3n) is 1.01. The first-order chi connectivity index (χ1) is 5.20. The molecule has 0 aliphatic heterocycles. The van der Waals surface area contributed by atoms with E-state index in [0.717, 1.165) is 5.56 Å². The van der Waals surface area contributed by atoms with E-state index in [1.54, 1.807) is 12.1 Å². The fraction of sp³-hybridized carbons (Fsp3) is 0.125. The zero-order valence-electron chi connectivity index (χ0n) is 6.25. The van der Waals surface area contributed by atoms with E-state index in [2.05, 4.69) is 5.73 Å². The molecule has 0 unspecified atom stereocenters. The number of halogens is 1. The van der Waals surface area contributed by atoms with Gasteiger partial charge in [0.25, 0.3) is 0 Å². The van der Waals surface area contributed by atoms with Gasteiger partial charge >= 0.3 is 0 Å². The summed E-state index contributed by atoms with van der Waals surface area (Å²) in [6, 6.07) is 6.40. The Kier molecular flexibility index (Phi) is 4.73. The molecule has 3 heteroatoms. The molecule has 0 radical (unpaired) electrons. The molecule has 0 saturated heterocycles. The zero-order valence-corrected chi connectivity index (χ0v) is 6.25. The van der Waals surface area contributed by atoms with E-state index in [-0.39, 0.29) is 12.2 Å². The van der Waals surface area contributed by atoms with Crippen LogP contribution in [0.3, 0.4) is 0 Å². The summed E-state index contributed by atoms with van der Waals surface area (Å²) in [4.78, 5) is 8.58. The van der Waals surface area contributed by atoms with Crippen LogP contribution in [0.2, 0.25) is 0 Å². The maximum absolute atomic E-state index is 12.1. The van der Waals surface area contributed by atoms with Crippen molar-refractivity contribution in [3.8, 4) is 0 Å². The molecular weight excluding hydrogens is 145 g/mol. The molecule has 0 fully saturated rings. The quantitative estimate of drug-likeness (QED) is 0.563. The molecule has 0 bridgehead atoms. The van der Waals surface area contributed by atoms with Crippen LogP contribution in [-0.2, 0) is 4.79 Å². The highest BCUT2D eigenvalue weighted by Gasteiger charge is 1.83. The smallest absolute Gasteiger partial charge is 0.204 e. The Morgan fingerprint density at radius 3 is 2.00 bits per heavy atom. The van der Waals surface area contributed by atoms with Gasteiger partial charge in [-0.1, -0.05) is 17.7 Å². The van der Waals surface area contributed by atoms with Gasteiger partial charge in [-0.3, -0.25) is 4.79 Å². The second kappa shape index (κ2) is 5.41. The van der Waals surface area contributed by atoms with Crippen molar-refractivity contribution in [2.24, 2.45) is 5.73 Å². The third kappa shape index (κ3) is 5.08. The molecule has 2 nitrogen and oxygen atoms in total. The van der Waals surface area contributed by atoms with E-state index in [1.165, 1.54) is 12.1 Å². The van der Waals surface area contributed by atoms with Crippen molar-refractivity contribution in [1.29, 1.82) is 0 Å². The van der Waals surface area contributed by atoms with Crippen LogP contribution in [-0.4, -0.2) is 6.41 Å². The van der Waals surface area contributed by atoms with Gasteiger partial charge in [0.05, 0.1) is 0 Å². The van der Waals surface area contributed by atoms with Gasteiger partial charge in [-0.2, -0.15) is 0 Å². The summed E-state index contributed by atoms with van der Waals surface area (Å²) < 4.78 is 12.1. The molecular formula is C8H10FNO. The molecule has 0 aliphatic rings. The summed E-state index contributed by atoms with van der Waals surface area (Å²) in [6.07, 6.45) is 0.250. The SMILES string of the molecule is Cc1ccc(F)cc1.NC=O. The Morgan fingerprint density at radius 2 is 1.73 bits per heavy atom. The minimum Gasteiger partial charge on any atom is -0.372 e. The number of rotatable bonds is 0. The minimum atomic E-state index is -0.171. The van der Waals surface area contributed by atoms with Crippen LogP contribution in [0.15, 0.2) is 24.3 Å². The molecule has 2 N–H and O–H groups in total. The fourth-order valence-corrected chi connectivity index (χ4v) is 0.533. The van der Waals surface area contributed by atoms with Crippen molar-refractivity contribution in [3.63, 3.8) is 0 Å². The molecule has 0 aliphatic carbocycles. The van der Waals surface area contributed by atoms with E-state index in [1.807, 2.05) is 6.92 Å². The lowest BCUT2D eigenvalue weighted by Gasteiger charge is -1.87. The summed E-state index contributed by atoms with van der Waals surface area (Å²) in [5.74, 6) is -0.171. The van der Waals surface area contributed by atoms with Crippen LogP contribution in [0.25, 0.3) is 0 Å². The third-order valence-corrected chi connectivity index (χ3v) is 1.01. The number of amides is 1. The van der Waals surface area contributed by atoms with E-state index in [4.69, 9.17) is 4.79 Å². The van der Waals surface area contributed by atoms with Gasteiger partial charge < -0.3 is 5.73 Å². The molecule has 0 heterocycles. The number of hydrogen-bond acceptors (Lipinski definition) is 1. The Hall–Kier alpha value is -1.38. The van der Waals surface area contributed by atoms with E-state index in [9.17, 15) is 4.39 Å². The molecule has 1 rings (SSSR count). The Bertz CT molecular complexity index is 187. The standard InChI is InChI=1S/C7H7F.CH3NO/c1-6-2-4-7(8)5-3-6;2-1-3/h2-5H,1H3;1H,(H2,2,3). The average Bonchev–Trinajstić information content (AvgIpc) is 1.97. The first-order valence-corrected chi connectivity index (χ1v) is 3.08. The lowest BCUT2D eigenvalue weighted by Crippen LogP contribution is -1.82. The van der Waals surface area contributed by atoms with Crippen molar-refractivity contribution >= 4 is 6.41 Å². The number of primary amides is 1. The summed E-state index contributed by atoms with van der Waals surface area (Å²) in [5.41, 5.74) is 5.26. The van der Waals surface area contributed by atoms with Crippen molar-refractivity contribution < 1.29 is 9.18 Å². The molecule has 60 valence electrons. The second-order valence-electron chi connectivity index (χ2n) is 1.93. The Labute approximate surface area is 64.8 Å². The normalized spacial score (nSPS) is 7.82. The maximum atomic E-state index is 12.1. The average molecular weight is 155 g/mol. The second-order valence-corrected chi connectivity index (χ2v) is 1.93. The van der Waals surface area contributed by atoms with Gasteiger partial charge in [-0.15, -0.1) is 0 Å². The Morgan fingerprint density at radius 1 is 1.36 bits per heavy atom. The van der Waals surface area contributed by atoms with Crippen molar-refractivity contribution in [3.05, 3.63) is 35.6 Å². The van der Waals surface area contributed by atoms with Gasteiger partial charge in [0, 0.05) is 0 Å². The zero-order chi connectivity index (χ0) is 8.69. The van der Waals surface area contributed by atoms with Gasteiger partial charge in [-0.25, -0.2) is 4.39 Å². The summed E-state index contributed by atoms with van der Waals surface area (Å²) in [6.45, 7) is 1.93. The lowest BCUT2D eigenvalue weighted by molar-refractivity contribution is -0.106. The maximum Gasteiger partial charge on any atom is 0.204 e. The Balaban J connectivity index is 0.000000292. The summed E-state index contributed by atoms with van der Waals surface area (Å²) >= 11 is 0. The number of carbonyl (C=O) groups excluding carboxylic acids is 1. The predicted molar refractivity (Wildman–Crippen MR) is 41.4 cm³/mol. The summed E-state index contributed by atoms with van der Waals surface area (Å²) in [5, 5.41) is 0. The molecule has 1 aromatic rings. The topological polar surface area (TPSA) is 43.1 Å². The van der Waals surface area contributed by atoms with Crippen molar-refractivity contribution in [1.82, 2.24) is 0 Å². The van der Waals surface area contributed by atoms with Crippen molar-refractivity contribution in [2.45, 2.75) is 6.92 Å². The number of aryl methyl sites for hydroxylation is 1. The van der Waals surface area contributed by atoms with Crippen LogP contribution < -0.4 is 5.73 Å². The number of carbonyl (C=O) groups is 1. The number of hydrogen-bond donors (Lipinski definition) is 1. The summed E-state index contributed by atoms with van der Waals surface area (Å²) in [7, 11) is 0. The fourth-order valence-electron chi connectivity index (χ4n) is 0.533. The van der Waals surface area contributed by atoms with Crippen LogP contribution in [0, 0.1) is 12.7 Å². The molecule has 1 aromatic carbocycles. The van der Waals surface area contributed by atoms with Gasteiger partial charge in [-0.05, 0) is 19.1 Å². The molecule has 0 atom stereocenters. The molecule has 0 spiro atoms. The van der Waals surface area contributed by atoms with Gasteiger partial charge in [0.1, 0.15) is 5.82 Å². The molecule has 0 saturated carbocycles. The van der Waals surface area contributed by atoms with E-state index < -0.39 is 0 Å². The van der Waals surface area contributed by atoms with Gasteiger partial charge in [0.2, 0.25) is 6.41 Å². The van der Waals surface area contributed by atoms with E-state index >= 15 is 0 Å². The highest BCUT2D eigenvalue weighted by molar-refractivity contribution is 5.42. The van der Waals surface area contributed by atoms with Crippen molar-refractivity contribution in [2.75, 3.05) is 0 Å².